The Labute approximate surface area is 128 Å². The van der Waals surface area contributed by atoms with E-state index in [1.54, 1.807) is 11.3 Å². The molecule has 2 aromatic rings. The molecule has 0 fully saturated rings. The average molecular weight is 303 g/mol. The third-order valence-electron chi connectivity index (χ3n) is 3.53. The van der Waals surface area contributed by atoms with Crippen LogP contribution in [-0.2, 0) is 12.8 Å². The summed E-state index contributed by atoms with van der Waals surface area (Å²) in [6, 6.07) is 6.05. The molecule has 0 radical (unpaired) electrons. The molecule has 104 valence electrons. The van der Waals surface area contributed by atoms with Crippen LogP contribution in [0.5, 0.6) is 0 Å². The van der Waals surface area contributed by atoms with Crippen LogP contribution in [0.4, 0.5) is 10.8 Å². The molecule has 1 aliphatic rings. The number of aryl methyl sites for hydroxylation is 3. The number of hydrogen-bond acceptors (Lipinski definition) is 4. The van der Waals surface area contributed by atoms with Gasteiger partial charge in [0.15, 0.2) is 5.13 Å². The van der Waals surface area contributed by atoms with Gasteiger partial charge in [-0.2, -0.15) is 0 Å². The van der Waals surface area contributed by atoms with E-state index in [-0.39, 0.29) is 0 Å². The summed E-state index contributed by atoms with van der Waals surface area (Å²) in [5.74, 6) is 0. The Bertz CT molecular complexity index is 638. The normalized spacial score (nSPS) is 13.8. The number of anilines is 2. The Morgan fingerprint density at radius 2 is 2.15 bits per heavy atom. The summed E-state index contributed by atoms with van der Waals surface area (Å²) in [5, 5.41) is 4.34. The maximum atomic E-state index is 5.79. The van der Waals surface area contributed by atoms with Crippen LogP contribution in [0, 0.1) is 6.92 Å². The van der Waals surface area contributed by atoms with E-state index >= 15 is 0 Å². The molecule has 0 saturated heterocycles. The van der Waals surface area contributed by atoms with Crippen molar-refractivity contribution >= 4 is 39.4 Å². The topological polar surface area (TPSA) is 50.9 Å². The van der Waals surface area contributed by atoms with Gasteiger partial charge in [0, 0.05) is 10.4 Å². The van der Waals surface area contributed by atoms with Gasteiger partial charge >= 0.3 is 0 Å². The van der Waals surface area contributed by atoms with Gasteiger partial charge in [0.05, 0.1) is 11.4 Å². The molecule has 0 bridgehead atoms. The van der Waals surface area contributed by atoms with Gasteiger partial charge in [-0.25, -0.2) is 4.98 Å². The minimum Gasteiger partial charge on any atom is -0.389 e. The summed E-state index contributed by atoms with van der Waals surface area (Å²) < 4.78 is 0. The Morgan fingerprint density at radius 3 is 2.90 bits per heavy atom. The second-order valence-electron chi connectivity index (χ2n) is 5.13. The van der Waals surface area contributed by atoms with Crippen molar-refractivity contribution in [3.8, 4) is 0 Å². The van der Waals surface area contributed by atoms with Gasteiger partial charge in [-0.15, -0.1) is 11.3 Å². The largest absolute Gasteiger partial charge is 0.389 e. The first kappa shape index (κ1) is 13.5. The summed E-state index contributed by atoms with van der Waals surface area (Å²) in [7, 11) is 0. The lowest BCUT2D eigenvalue weighted by molar-refractivity contribution is 0.683. The zero-order valence-corrected chi connectivity index (χ0v) is 13.0. The first-order valence-corrected chi connectivity index (χ1v) is 8.02. The summed E-state index contributed by atoms with van der Waals surface area (Å²) in [6.07, 6.45) is 4.78. The standard InChI is InChI=1S/C15H17N3S2/c1-9-6-7-10(14(16)19)12(8-9)18-15-17-11-4-2-3-5-13(11)20-15/h6-8H,2-5H2,1H3,(H2,16,19)(H,17,18). The van der Waals surface area contributed by atoms with Gasteiger partial charge in [0.25, 0.3) is 0 Å². The molecular formula is C15H17N3S2. The van der Waals surface area contributed by atoms with Crippen LogP contribution >= 0.6 is 23.6 Å². The Balaban J connectivity index is 1.92. The van der Waals surface area contributed by atoms with Gasteiger partial charge in [-0.05, 0) is 50.3 Å². The van der Waals surface area contributed by atoms with E-state index in [9.17, 15) is 0 Å². The second-order valence-corrected chi connectivity index (χ2v) is 6.66. The number of nitrogens with one attached hydrogen (secondary N) is 1. The summed E-state index contributed by atoms with van der Waals surface area (Å²) in [6.45, 7) is 2.06. The van der Waals surface area contributed by atoms with Crippen molar-refractivity contribution in [2.45, 2.75) is 32.6 Å². The van der Waals surface area contributed by atoms with E-state index < -0.39 is 0 Å². The van der Waals surface area contributed by atoms with Crippen molar-refractivity contribution in [3.05, 3.63) is 39.9 Å². The highest BCUT2D eigenvalue weighted by Crippen LogP contribution is 2.32. The fourth-order valence-electron chi connectivity index (χ4n) is 2.50. The van der Waals surface area contributed by atoms with Crippen molar-refractivity contribution in [2.75, 3.05) is 5.32 Å². The van der Waals surface area contributed by atoms with Gasteiger partial charge in [0.2, 0.25) is 0 Å². The molecule has 1 aromatic carbocycles. The smallest absolute Gasteiger partial charge is 0.187 e. The highest BCUT2D eigenvalue weighted by molar-refractivity contribution is 7.80. The molecule has 20 heavy (non-hydrogen) atoms. The Morgan fingerprint density at radius 1 is 1.35 bits per heavy atom. The predicted octanol–water partition coefficient (Wildman–Crippen LogP) is 3.71. The minimum atomic E-state index is 0.411. The average Bonchev–Trinajstić information content (AvgIpc) is 2.80. The maximum Gasteiger partial charge on any atom is 0.187 e. The van der Waals surface area contributed by atoms with Crippen LogP contribution in [0.3, 0.4) is 0 Å². The molecule has 0 spiro atoms. The summed E-state index contributed by atoms with van der Waals surface area (Å²) in [4.78, 5) is 6.53. The lowest BCUT2D eigenvalue weighted by atomic mass is 10.0. The minimum absolute atomic E-state index is 0.411. The number of aromatic nitrogens is 1. The van der Waals surface area contributed by atoms with Crippen molar-refractivity contribution in [1.82, 2.24) is 4.98 Å². The zero-order chi connectivity index (χ0) is 14.1. The van der Waals surface area contributed by atoms with E-state index in [1.165, 1.54) is 29.0 Å². The Hall–Kier alpha value is -1.46. The van der Waals surface area contributed by atoms with Crippen molar-refractivity contribution < 1.29 is 0 Å². The fourth-order valence-corrected chi connectivity index (χ4v) is 3.74. The van der Waals surface area contributed by atoms with Gasteiger partial charge in [-0.3, -0.25) is 0 Å². The monoisotopic (exact) mass is 303 g/mol. The highest BCUT2D eigenvalue weighted by atomic mass is 32.1. The Kier molecular flexibility index (Phi) is 3.72. The van der Waals surface area contributed by atoms with E-state index in [0.29, 0.717) is 4.99 Å². The molecule has 1 aliphatic carbocycles. The molecule has 0 aliphatic heterocycles. The van der Waals surface area contributed by atoms with E-state index in [1.807, 2.05) is 12.1 Å². The SMILES string of the molecule is Cc1ccc(C(N)=S)c(Nc2nc3c(s2)CCCC3)c1. The number of hydrogen-bond donors (Lipinski definition) is 2. The number of rotatable bonds is 3. The fraction of sp³-hybridized carbons (Fsp3) is 0.333. The molecule has 0 saturated carbocycles. The molecule has 5 heteroatoms. The number of nitrogens with zero attached hydrogens (tertiary/aromatic N) is 1. The van der Waals surface area contributed by atoms with Crippen LogP contribution in [0.2, 0.25) is 0 Å². The van der Waals surface area contributed by atoms with Crippen LogP contribution in [0.25, 0.3) is 0 Å². The molecule has 0 amide bonds. The molecular weight excluding hydrogens is 286 g/mol. The van der Waals surface area contributed by atoms with Crippen molar-refractivity contribution in [2.24, 2.45) is 5.73 Å². The van der Waals surface area contributed by atoms with Crippen molar-refractivity contribution in [3.63, 3.8) is 0 Å². The van der Waals surface area contributed by atoms with Crippen LogP contribution in [-0.4, -0.2) is 9.97 Å². The molecule has 3 nitrogen and oxygen atoms in total. The van der Waals surface area contributed by atoms with Gasteiger partial charge < -0.3 is 11.1 Å². The quantitative estimate of drug-likeness (QED) is 0.849. The number of fused-ring (bicyclic) bond motifs is 1. The lowest BCUT2D eigenvalue weighted by Crippen LogP contribution is -2.12. The lowest BCUT2D eigenvalue weighted by Gasteiger charge is -2.09. The van der Waals surface area contributed by atoms with Crippen LogP contribution in [0.1, 0.15) is 34.5 Å². The highest BCUT2D eigenvalue weighted by Gasteiger charge is 2.16. The number of benzene rings is 1. The molecule has 1 heterocycles. The van der Waals surface area contributed by atoms with Gasteiger partial charge in [-0.1, -0.05) is 18.3 Å². The second kappa shape index (κ2) is 5.50. The zero-order valence-electron chi connectivity index (χ0n) is 11.4. The summed E-state index contributed by atoms with van der Waals surface area (Å²) in [5.41, 5.74) is 10.0. The third kappa shape index (κ3) is 2.69. The van der Waals surface area contributed by atoms with Crippen molar-refractivity contribution in [1.29, 1.82) is 0 Å². The van der Waals surface area contributed by atoms with E-state index in [2.05, 4.69) is 18.3 Å². The maximum absolute atomic E-state index is 5.79. The molecule has 3 N–H and O–H groups in total. The molecule has 0 atom stereocenters. The summed E-state index contributed by atoms with van der Waals surface area (Å²) >= 11 is 6.87. The number of thiocarbonyl (C=S) groups is 1. The van der Waals surface area contributed by atoms with E-state index in [4.69, 9.17) is 22.9 Å². The van der Waals surface area contributed by atoms with Crippen LogP contribution in [0.15, 0.2) is 18.2 Å². The van der Waals surface area contributed by atoms with Crippen LogP contribution < -0.4 is 11.1 Å². The molecule has 1 aromatic heterocycles. The first-order chi connectivity index (χ1) is 9.63. The predicted molar refractivity (Wildman–Crippen MR) is 89.1 cm³/mol. The number of nitrogens with two attached hydrogens (primary N) is 1. The van der Waals surface area contributed by atoms with Gasteiger partial charge in [0.1, 0.15) is 4.99 Å². The molecule has 3 rings (SSSR count). The number of thiazole rings is 1. The van der Waals surface area contributed by atoms with E-state index in [0.717, 1.165) is 29.2 Å². The molecule has 0 unspecified atom stereocenters. The first-order valence-electron chi connectivity index (χ1n) is 6.79. The third-order valence-corrected chi connectivity index (χ3v) is 4.82.